The number of unbranched alkanes of at least 4 members (excludes halogenated alkanes) is 1. The molecule has 4 N–H and O–H groups in total. The van der Waals surface area contributed by atoms with E-state index in [-0.39, 0.29) is 30.4 Å². The molecule has 0 spiro atoms. The SMILES string of the molecule is CCCCn1c(N)c(N(Cc2ccccc2)C(=O)CCc2c[nH]c3ccccc23)c(=O)[nH]c1=O. The number of aromatic amines is 2. The van der Waals surface area contributed by atoms with Crippen molar-refractivity contribution in [2.24, 2.45) is 0 Å². The van der Waals surface area contributed by atoms with Crippen LogP contribution in [-0.2, 0) is 24.3 Å². The van der Waals surface area contributed by atoms with Crippen molar-refractivity contribution in [2.75, 3.05) is 10.6 Å². The number of aryl methyl sites for hydroxylation is 1. The monoisotopic (exact) mass is 459 g/mol. The molecule has 0 unspecified atom stereocenters. The zero-order valence-corrected chi connectivity index (χ0v) is 19.2. The van der Waals surface area contributed by atoms with E-state index >= 15 is 0 Å². The Morgan fingerprint density at radius 2 is 1.79 bits per heavy atom. The summed E-state index contributed by atoms with van der Waals surface area (Å²) in [5.74, 6) is -0.231. The van der Waals surface area contributed by atoms with Crippen molar-refractivity contribution in [2.45, 2.75) is 45.7 Å². The molecular weight excluding hydrogens is 430 g/mol. The van der Waals surface area contributed by atoms with Crippen LogP contribution in [0.2, 0.25) is 0 Å². The molecule has 2 aromatic heterocycles. The molecular formula is C26H29N5O3. The Morgan fingerprint density at radius 3 is 2.56 bits per heavy atom. The van der Waals surface area contributed by atoms with Crippen LogP contribution >= 0.6 is 0 Å². The van der Waals surface area contributed by atoms with E-state index in [0.29, 0.717) is 13.0 Å². The summed E-state index contributed by atoms with van der Waals surface area (Å²) in [4.78, 5) is 45.8. The second kappa shape index (κ2) is 10.2. The first-order chi connectivity index (χ1) is 16.5. The van der Waals surface area contributed by atoms with Crippen LogP contribution in [0.15, 0.2) is 70.4 Å². The van der Waals surface area contributed by atoms with E-state index in [9.17, 15) is 14.4 Å². The number of fused-ring (bicyclic) bond motifs is 1. The molecule has 0 fully saturated rings. The van der Waals surface area contributed by atoms with E-state index < -0.39 is 11.2 Å². The molecule has 0 saturated heterocycles. The predicted molar refractivity (Wildman–Crippen MR) is 135 cm³/mol. The Hall–Kier alpha value is -4.07. The average molecular weight is 460 g/mol. The third-order valence-electron chi connectivity index (χ3n) is 5.99. The van der Waals surface area contributed by atoms with Gasteiger partial charge in [-0.15, -0.1) is 0 Å². The van der Waals surface area contributed by atoms with Gasteiger partial charge in [0.2, 0.25) is 5.91 Å². The highest BCUT2D eigenvalue weighted by Gasteiger charge is 2.24. The Bertz CT molecular complexity index is 1400. The summed E-state index contributed by atoms with van der Waals surface area (Å²) in [6, 6.07) is 17.3. The molecule has 8 heteroatoms. The Balaban J connectivity index is 1.69. The number of rotatable bonds is 9. The van der Waals surface area contributed by atoms with Crippen molar-refractivity contribution in [3.8, 4) is 0 Å². The lowest BCUT2D eigenvalue weighted by molar-refractivity contribution is -0.118. The van der Waals surface area contributed by atoms with E-state index in [0.717, 1.165) is 34.9 Å². The van der Waals surface area contributed by atoms with E-state index in [1.54, 1.807) is 0 Å². The van der Waals surface area contributed by atoms with Gasteiger partial charge in [-0.1, -0.05) is 61.9 Å². The van der Waals surface area contributed by atoms with Crippen LogP contribution in [0.1, 0.15) is 37.3 Å². The molecule has 1 amide bonds. The summed E-state index contributed by atoms with van der Waals surface area (Å²) in [6.07, 6.45) is 4.18. The molecule has 0 saturated carbocycles. The van der Waals surface area contributed by atoms with E-state index in [1.165, 1.54) is 9.47 Å². The maximum absolute atomic E-state index is 13.5. The highest BCUT2D eigenvalue weighted by atomic mass is 16.2. The molecule has 0 aliphatic heterocycles. The maximum Gasteiger partial charge on any atom is 0.330 e. The molecule has 0 radical (unpaired) electrons. The fraction of sp³-hybridized carbons (Fsp3) is 0.269. The van der Waals surface area contributed by atoms with Crippen LogP contribution in [0, 0.1) is 0 Å². The lowest BCUT2D eigenvalue weighted by Crippen LogP contribution is -2.41. The van der Waals surface area contributed by atoms with Gasteiger partial charge in [0.05, 0.1) is 6.54 Å². The highest BCUT2D eigenvalue weighted by molar-refractivity contribution is 5.96. The summed E-state index contributed by atoms with van der Waals surface area (Å²) in [6.45, 7) is 2.55. The predicted octanol–water partition coefficient (Wildman–Crippen LogP) is 3.57. The highest BCUT2D eigenvalue weighted by Crippen LogP contribution is 2.23. The summed E-state index contributed by atoms with van der Waals surface area (Å²) in [7, 11) is 0. The largest absolute Gasteiger partial charge is 0.383 e. The fourth-order valence-corrected chi connectivity index (χ4v) is 4.15. The molecule has 0 atom stereocenters. The van der Waals surface area contributed by atoms with Crippen LogP contribution in [0.4, 0.5) is 11.5 Å². The number of benzene rings is 2. The van der Waals surface area contributed by atoms with Crippen molar-refractivity contribution in [3.63, 3.8) is 0 Å². The van der Waals surface area contributed by atoms with Crippen molar-refractivity contribution in [1.82, 2.24) is 14.5 Å². The zero-order chi connectivity index (χ0) is 24.1. The molecule has 2 heterocycles. The first-order valence-electron chi connectivity index (χ1n) is 11.5. The zero-order valence-electron chi connectivity index (χ0n) is 19.2. The minimum absolute atomic E-state index is 0.0126. The van der Waals surface area contributed by atoms with E-state index in [2.05, 4.69) is 9.97 Å². The minimum Gasteiger partial charge on any atom is -0.383 e. The fourth-order valence-electron chi connectivity index (χ4n) is 4.15. The van der Waals surface area contributed by atoms with Gasteiger partial charge in [0, 0.05) is 30.1 Å². The van der Waals surface area contributed by atoms with Gasteiger partial charge in [0.25, 0.3) is 5.56 Å². The van der Waals surface area contributed by atoms with Gasteiger partial charge in [-0.05, 0) is 30.0 Å². The van der Waals surface area contributed by atoms with Crippen molar-refractivity contribution in [3.05, 3.63) is 92.8 Å². The molecule has 0 aliphatic carbocycles. The Labute approximate surface area is 197 Å². The van der Waals surface area contributed by atoms with Crippen LogP contribution in [0.3, 0.4) is 0 Å². The van der Waals surface area contributed by atoms with Crippen LogP contribution in [0.5, 0.6) is 0 Å². The van der Waals surface area contributed by atoms with E-state index in [1.807, 2.05) is 67.7 Å². The summed E-state index contributed by atoms with van der Waals surface area (Å²) >= 11 is 0. The molecule has 176 valence electrons. The van der Waals surface area contributed by atoms with Crippen LogP contribution < -0.4 is 21.9 Å². The number of hydrogen-bond acceptors (Lipinski definition) is 4. The summed E-state index contributed by atoms with van der Waals surface area (Å²) < 4.78 is 1.34. The van der Waals surface area contributed by atoms with Crippen molar-refractivity contribution in [1.29, 1.82) is 0 Å². The van der Waals surface area contributed by atoms with Gasteiger partial charge < -0.3 is 15.6 Å². The number of carbonyl (C=O) groups is 1. The second-order valence-corrected chi connectivity index (χ2v) is 8.32. The third kappa shape index (κ3) is 4.80. The number of anilines is 2. The quantitative estimate of drug-likeness (QED) is 0.355. The van der Waals surface area contributed by atoms with Gasteiger partial charge in [-0.25, -0.2) is 4.79 Å². The normalized spacial score (nSPS) is 11.1. The first kappa shape index (κ1) is 23.1. The molecule has 0 bridgehead atoms. The number of nitrogens with zero attached hydrogens (tertiary/aromatic N) is 2. The van der Waals surface area contributed by atoms with Crippen LogP contribution in [0.25, 0.3) is 10.9 Å². The third-order valence-corrected chi connectivity index (χ3v) is 5.99. The van der Waals surface area contributed by atoms with Gasteiger partial charge in [-0.3, -0.25) is 19.1 Å². The van der Waals surface area contributed by atoms with E-state index in [4.69, 9.17) is 5.73 Å². The first-order valence-corrected chi connectivity index (χ1v) is 11.5. The molecule has 34 heavy (non-hydrogen) atoms. The van der Waals surface area contributed by atoms with Gasteiger partial charge in [0.1, 0.15) is 5.82 Å². The molecule has 4 aromatic rings. The number of nitrogens with two attached hydrogens (primary N) is 1. The van der Waals surface area contributed by atoms with Crippen LogP contribution in [-0.4, -0.2) is 20.4 Å². The average Bonchev–Trinajstić information content (AvgIpc) is 3.25. The Kier molecular flexibility index (Phi) is 6.96. The van der Waals surface area contributed by atoms with Gasteiger partial charge in [-0.2, -0.15) is 0 Å². The number of nitrogen functional groups attached to an aromatic ring is 1. The molecule has 8 nitrogen and oxygen atoms in total. The number of hydrogen-bond donors (Lipinski definition) is 3. The summed E-state index contributed by atoms with van der Waals surface area (Å²) in [5.41, 5.74) is 8.01. The minimum atomic E-state index is -0.661. The standard InChI is InChI=1S/C26H29N5O3/c1-2-3-15-30-24(27)23(25(33)29-26(30)34)31(17-18-9-5-4-6-10-18)22(32)14-13-19-16-28-21-12-8-7-11-20(19)21/h4-12,16,28H,2-3,13-15,17,27H2,1H3,(H,29,33,34). The number of nitrogens with one attached hydrogen (secondary N) is 2. The van der Waals surface area contributed by atoms with Crippen molar-refractivity contribution < 1.29 is 4.79 Å². The second-order valence-electron chi connectivity index (χ2n) is 8.32. The number of para-hydroxylation sites is 1. The molecule has 0 aliphatic rings. The lowest BCUT2D eigenvalue weighted by atomic mass is 10.1. The number of aromatic nitrogens is 3. The molecule has 2 aromatic carbocycles. The Morgan fingerprint density at radius 1 is 1.06 bits per heavy atom. The smallest absolute Gasteiger partial charge is 0.330 e. The van der Waals surface area contributed by atoms with Gasteiger partial charge in [0.15, 0.2) is 5.69 Å². The van der Waals surface area contributed by atoms with Gasteiger partial charge >= 0.3 is 5.69 Å². The number of carbonyl (C=O) groups excluding carboxylic acids is 1. The maximum atomic E-state index is 13.5. The topological polar surface area (TPSA) is 117 Å². The summed E-state index contributed by atoms with van der Waals surface area (Å²) in [5, 5.41) is 1.07. The van der Waals surface area contributed by atoms with Crippen molar-refractivity contribution >= 4 is 28.3 Å². The lowest BCUT2D eigenvalue weighted by Gasteiger charge is -2.25. The number of amides is 1. The molecule has 4 rings (SSSR count). The number of H-pyrrole nitrogens is 2.